The predicted molar refractivity (Wildman–Crippen MR) is 127 cm³/mol. The molecular weight excluding hydrogens is 422 g/mol. The molecule has 0 bridgehead atoms. The highest BCUT2D eigenvalue weighted by molar-refractivity contribution is 5.70. The van der Waals surface area contributed by atoms with Crippen molar-refractivity contribution >= 4 is 5.97 Å². The molecule has 0 unspecified atom stereocenters. The van der Waals surface area contributed by atoms with Crippen LogP contribution in [0.3, 0.4) is 0 Å². The molecule has 0 spiro atoms. The lowest BCUT2D eigenvalue weighted by Gasteiger charge is -2.23. The van der Waals surface area contributed by atoms with Crippen molar-refractivity contribution in [2.24, 2.45) is 5.92 Å². The average molecular weight is 468 g/mol. The lowest BCUT2D eigenvalue weighted by Crippen LogP contribution is -2.30. The van der Waals surface area contributed by atoms with Crippen molar-refractivity contribution < 1.29 is 23.5 Å². The zero-order valence-electron chi connectivity index (χ0n) is 21.4. The molecule has 0 N–H and O–H groups in total. The van der Waals surface area contributed by atoms with Gasteiger partial charge >= 0.3 is 5.97 Å². The Balaban J connectivity index is 2.01. The summed E-state index contributed by atoms with van der Waals surface area (Å²) in [4.78, 5) is 19.4. The van der Waals surface area contributed by atoms with E-state index in [0.717, 1.165) is 31.8 Å². The van der Waals surface area contributed by atoms with Gasteiger partial charge in [-0.3, -0.25) is 9.69 Å². The number of carbonyl (C=O) groups is 1. The molecule has 0 saturated heterocycles. The summed E-state index contributed by atoms with van der Waals surface area (Å²) in [7, 11) is 3.38. The molecule has 1 aliphatic carbocycles. The second-order valence-electron chi connectivity index (χ2n) is 10.2. The maximum atomic E-state index is 12.6. The molecule has 1 atom stereocenters. The summed E-state index contributed by atoms with van der Waals surface area (Å²) in [5.41, 5.74) is -0.507. The van der Waals surface area contributed by atoms with Crippen LogP contribution in [0.4, 0.5) is 0 Å². The van der Waals surface area contributed by atoms with E-state index in [1.807, 2.05) is 20.8 Å². The number of hydrogen-bond acceptors (Lipinski definition) is 8. The number of rotatable bonds is 15. The van der Waals surface area contributed by atoms with Gasteiger partial charge in [-0.15, -0.1) is 0 Å². The molecule has 0 radical (unpaired) electrons. The standard InChI is InChI=1S/C25H45N3O5/c1-25(2,3)32-23(29)18-21(13-9-12-20-10-7-6-8-11-20)24-26-22(27-33-24)19-28(14-16-30-4)15-17-31-5/h20-21H,6-19H2,1-5H3/t21-/m1/s1. The van der Waals surface area contributed by atoms with Gasteiger partial charge in [-0.05, 0) is 33.1 Å². The van der Waals surface area contributed by atoms with Crippen LogP contribution in [0.5, 0.6) is 0 Å². The van der Waals surface area contributed by atoms with Gasteiger partial charge in [0.15, 0.2) is 5.82 Å². The van der Waals surface area contributed by atoms with Crippen molar-refractivity contribution in [1.29, 1.82) is 0 Å². The normalized spacial score (nSPS) is 16.3. The maximum Gasteiger partial charge on any atom is 0.307 e. The van der Waals surface area contributed by atoms with Crippen LogP contribution in [-0.2, 0) is 25.5 Å². The number of carbonyl (C=O) groups excluding carboxylic acids is 1. The molecule has 33 heavy (non-hydrogen) atoms. The minimum Gasteiger partial charge on any atom is -0.460 e. The summed E-state index contributed by atoms with van der Waals surface area (Å²) in [5.74, 6) is 1.65. The third-order valence-electron chi connectivity index (χ3n) is 6.14. The molecule has 1 aromatic heterocycles. The first-order valence-corrected chi connectivity index (χ1v) is 12.5. The van der Waals surface area contributed by atoms with Crippen LogP contribution < -0.4 is 0 Å². The van der Waals surface area contributed by atoms with E-state index in [-0.39, 0.29) is 18.3 Å². The number of nitrogens with zero attached hydrogens (tertiary/aromatic N) is 3. The zero-order valence-corrected chi connectivity index (χ0v) is 21.4. The van der Waals surface area contributed by atoms with Gasteiger partial charge in [0.1, 0.15) is 5.60 Å². The van der Waals surface area contributed by atoms with Gasteiger partial charge < -0.3 is 18.7 Å². The molecule has 0 aliphatic heterocycles. The molecule has 0 amide bonds. The van der Waals surface area contributed by atoms with E-state index in [1.165, 1.54) is 38.5 Å². The largest absolute Gasteiger partial charge is 0.460 e. The van der Waals surface area contributed by atoms with Gasteiger partial charge in [0.2, 0.25) is 5.89 Å². The molecule has 1 aliphatic rings. The zero-order chi connectivity index (χ0) is 24.1. The minimum atomic E-state index is -0.507. The molecule has 190 valence electrons. The van der Waals surface area contributed by atoms with Crippen molar-refractivity contribution in [2.45, 2.75) is 96.6 Å². The van der Waals surface area contributed by atoms with Crippen LogP contribution in [-0.4, -0.2) is 67.1 Å². The van der Waals surface area contributed by atoms with Crippen LogP contribution >= 0.6 is 0 Å². The van der Waals surface area contributed by atoms with Gasteiger partial charge in [0.25, 0.3) is 0 Å². The average Bonchev–Trinajstić information content (AvgIpc) is 3.23. The molecule has 1 fully saturated rings. The molecule has 1 saturated carbocycles. The number of ether oxygens (including phenoxy) is 3. The summed E-state index contributed by atoms with van der Waals surface area (Å²) in [6, 6.07) is 0. The minimum absolute atomic E-state index is 0.115. The van der Waals surface area contributed by atoms with Crippen LogP contribution in [0.2, 0.25) is 0 Å². The third kappa shape index (κ3) is 11.5. The quantitative estimate of drug-likeness (QED) is 0.342. The highest BCUT2D eigenvalue weighted by Gasteiger charge is 2.26. The van der Waals surface area contributed by atoms with Gasteiger partial charge in [0.05, 0.1) is 26.2 Å². The van der Waals surface area contributed by atoms with Crippen LogP contribution in [0.25, 0.3) is 0 Å². The van der Waals surface area contributed by atoms with Gasteiger partial charge in [-0.25, -0.2) is 0 Å². The Morgan fingerprint density at radius 3 is 2.39 bits per heavy atom. The van der Waals surface area contributed by atoms with E-state index < -0.39 is 5.60 Å². The Kier molecular flexibility index (Phi) is 12.3. The number of esters is 1. The van der Waals surface area contributed by atoms with Gasteiger partial charge in [-0.1, -0.05) is 50.1 Å². The van der Waals surface area contributed by atoms with Gasteiger partial charge in [0, 0.05) is 33.2 Å². The highest BCUT2D eigenvalue weighted by Crippen LogP contribution is 2.31. The van der Waals surface area contributed by atoms with Crippen molar-refractivity contribution in [1.82, 2.24) is 15.0 Å². The second kappa shape index (κ2) is 14.7. The first-order chi connectivity index (χ1) is 15.8. The van der Waals surface area contributed by atoms with Crippen LogP contribution in [0, 0.1) is 5.92 Å². The smallest absolute Gasteiger partial charge is 0.307 e. The Bertz CT molecular complexity index is 659. The number of methoxy groups -OCH3 is 2. The molecule has 8 nitrogen and oxygen atoms in total. The second-order valence-corrected chi connectivity index (χ2v) is 10.2. The summed E-state index contributed by atoms with van der Waals surface area (Å²) < 4.78 is 21.7. The van der Waals surface area contributed by atoms with Crippen LogP contribution in [0.15, 0.2) is 4.52 Å². The van der Waals surface area contributed by atoms with E-state index in [4.69, 9.17) is 18.7 Å². The monoisotopic (exact) mass is 467 g/mol. The van der Waals surface area contributed by atoms with E-state index in [0.29, 0.717) is 31.5 Å². The summed E-state index contributed by atoms with van der Waals surface area (Å²) >= 11 is 0. The Labute approximate surface area is 199 Å². The fourth-order valence-electron chi connectivity index (χ4n) is 4.43. The summed E-state index contributed by atoms with van der Waals surface area (Å²) in [6.45, 7) is 8.98. The predicted octanol–water partition coefficient (Wildman–Crippen LogP) is 4.73. The molecule has 1 aromatic rings. The van der Waals surface area contributed by atoms with Crippen LogP contribution in [0.1, 0.15) is 96.2 Å². The van der Waals surface area contributed by atoms with Crippen molar-refractivity contribution in [3.8, 4) is 0 Å². The maximum absolute atomic E-state index is 12.6. The lowest BCUT2D eigenvalue weighted by atomic mass is 9.84. The number of aromatic nitrogens is 2. The summed E-state index contributed by atoms with van der Waals surface area (Å²) in [6.07, 6.45) is 10.1. The first kappa shape index (κ1) is 27.7. The van der Waals surface area contributed by atoms with Gasteiger partial charge in [-0.2, -0.15) is 4.98 Å². The number of hydrogen-bond donors (Lipinski definition) is 0. The Morgan fingerprint density at radius 1 is 1.12 bits per heavy atom. The Hall–Kier alpha value is -1.51. The molecular formula is C25H45N3O5. The van der Waals surface area contributed by atoms with E-state index >= 15 is 0 Å². The molecule has 1 heterocycles. The van der Waals surface area contributed by atoms with E-state index in [9.17, 15) is 4.79 Å². The van der Waals surface area contributed by atoms with Crippen molar-refractivity contribution in [3.63, 3.8) is 0 Å². The topological polar surface area (TPSA) is 86.9 Å². The highest BCUT2D eigenvalue weighted by atomic mass is 16.6. The molecule has 2 rings (SSSR count). The van der Waals surface area contributed by atoms with Crippen molar-refractivity contribution in [3.05, 3.63) is 11.7 Å². The molecule has 8 heteroatoms. The third-order valence-corrected chi connectivity index (χ3v) is 6.14. The van der Waals surface area contributed by atoms with E-state index in [1.54, 1.807) is 14.2 Å². The van der Waals surface area contributed by atoms with E-state index in [2.05, 4.69) is 15.0 Å². The fourth-order valence-corrected chi connectivity index (χ4v) is 4.43. The lowest BCUT2D eigenvalue weighted by molar-refractivity contribution is -0.155. The first-order valence-electron chi connectivity index (χ1n) is 12.5. The SMILES string of the molecule is COCCN(CCOC)Cc1noc([C@H](CCCC2CCCCC2)CC(=O)OC(C)(C)C)n1. The Morgan fingerprint density at radius 2 is 1.79 bits per heavy atom. The van der Waals surface area contributed by atoms with Crippen molar-refractivity contribution in [2.75, 3.05) is 40.5 Å². The fraction of sp³-hybridized carbons (Fsp3) is 0.880. The molecule has 0 aromatic carbocycles. The summed E-state index contributed by atoms with van der Waals surface area (Å²) in [5, 5.41) is 4.21.